The van der Waals surface area contributed by atoms with Crippen LogP contribution in [0.2, 0.25) is 0 Å². The van der Waals surface area contributed by atoms with Crippen molar-refractivity contribution in [2.75, 3.05) is 88.4 Å². The quantitative estimate of drug-likeness (QED) is 0.0198. The third-order valence-electron chi connectivity index (χ3n) is 14.3. The van der Waals surface area contributed by atoms with Crippen LogP contribution in [-0.4, -0.2) is 221 Å². The first-order chi connectivity index (χ1) is 52.5. The van der Waals surface area contributed by atoms with E-state index in [0.29, 0.717) is 41.9 Å². The number of aliphatic hydroxyl groups is 1. The molecule has 3 atom stereocenters. The minimum Gasteiger partial charge on any atom is -0.508 e. The van der Waals surface area contributed by atoms with Crippen LogP contribution in [0.15, 0.2) is 146 Å². The zero-order valence-corrected chi connectivity index (χ0v) is 60.4. The molecule has 6 aromatic rings. The maximum atomic E-state index is 12.3. The number of carbonyl (C=O) groups is 14. The second kappa shape index (κ2) is 51.0. The van der Waals surface area contributed by atoms with E-state index >= 15 is 0 Å². The highest BCUT2D eigenvalue weighted by atomic mass is 16.6. The van der Waals surface area contributed by atoms with E-state index in [1.807, 2.05) is 0 Å². The zero-order chi connectivity index (χ0) is 81.3. The number of hydrogen-bond acceptors (Lipinski definition) is 31. The molecule has 110 heavy (non-hydrogen) atoms. The lowest BCUT2D eigenvalue weighted by atomic mass is 10.1. The number of nitrogens with one attached hydrogen (secondary N) is 3. The van der Waals surface area contributed by atoms with Gasteiger partial charge < -0.3 is 103 Å². The number of rotatable bonds is 38. The molecule has 0 spiro atoms. The minimum atomic E-state index is -1.17. The average molecular weight is 1540 g/mol. The first kappa shape index (κ1) is 90.9. The molecule has 0 fully saturated rings. The van der Waals surface area contributed by atoms with Crippen LogP contribution in [0.25, 0.3) is 0 Å². The van der Waals surface area contributed by atoms with Crippen LogP contribution >= 0.6 is 0 Å². The van der Waals surface area contributed by atoms with Crippen LogP contribution in [-0.2, 0) is 153 Å². The maximum absolute atomic E-state index is 12.3. The average Bonchev–Trinajstić information content (AvgIpc) is 0.906. The molecule has 6 aromatic carbocycles. The van der Waals surface area contributed by atoms with E-state index in [0.717, 1.165) is 29.4 Å². The Balaban J connectivity index is 0.000000410. The summed E-state index contributed by atoms with van der Waals surface area (Å²) in [6.45, 7) is -4.52. The Kier molecular flexibility index (Phi) is 42.1. The van der Waals surface area contributed by atoms with Gasteiger partial charge in [-0.2, -0.15) is 0 Å². The van der Waals surface area contributed by atoms with Crippen LogP contribution in [0.5, 0.6) is 34.5 Å². The summed E-state index contributed by atoms with van der Waals surface area (Å²) in [4.78, 5) is 162. The highest BCUT2D eigenvalue weighted by Crippen LogP contribution is 2.19. The molecule has 0 aliphatic rings. The van der Waals surface area contributed by atoms with Gasteiger partial charge in [0.05, 0.1) is 35.5 Å². The van der Waals surface area contributed by atoms with Gasteiger partial charge >= 0.3 is 65.7 Å². The summed E-state index contributed by atoms with van der Waals surface area (Å²) in [5.41, 5.74) is 4.56. The molecule has 0 saturated carbocycles. The van der Waals surface area contributed by atoms with Gasteiger partial charge in [0, 0.05) is 38.5 Å². The Bertz CT molecular complexity index is 3940. The summed E-state index contributed by atoms with van der Waals surface area (Å²) in [7, 11) is 6.06. The van der Waals surface area contributed by atoms with Gasteiger partial charge in [-0.3, -0.25) is 28.8 Å². The minimum absolute atomic E-state index is 0.0185. The number of aromatic hydroxyl groups is 4. The van der Waals surface area contributed by atoms with Crippen LogP contribution < -0.4 is 25.4 Å². The molecule has 3 unspecified atom stereocenters. The molecule has 0 heterocycles. The fraction of sp³-hybridized carbons (Fsp3) is 0.333. The number of aliphatic hydroxyl groups excluding tert-OH is 1. The highest BCUT2D eigenvalue weighted by molar-refractivity contribution is 5.88. The normalized spacial score (nSPS) is 10.9. The van der Waals surface area contributed by atoms with Gasteiger partial charge in [-0.15, -0.1) is 0 Å². The Labute approximate surface area is 629 Å². The van der Waals surface area contributed by atoms with Crippen molar-refractivity contribution < 1.29 is 155 Å². The fourth-order valence-electron chi connectivity index (χ4n) is 8.64. The topological polar surface area (TPSA) is 507 Å². The second-order valence-electron chi connectivity index (χ2n) is 22.6. The molecule has 35 heteroatoms. The number of methoxy groups -OCH3 is 5. The molecule has 3 amide bonds. The van der Waals surface area contributed by atoms with Crippen molar-refractivity contribution in [2.24, 2.45) is 0 Å². The number of aliphatic carboxylic acids is 1. The Morgan fingerprint density at radius 2 is 0.555 bits per heavy atom. The number of aryl methyl sites for hydroxylation is 3. The van der Waals surface area contributed by atoms with E-state index in [1.54, 1.807) is 97.1 Å². The molecule has 0 aliphatic heterocycles. The van der Waals surface area contributed by atoms with Crippen molar-refractivity contribution in [2.45, 2.75) is 75.9 Å². The molecule has 35 nitrogen and oxygen atoms in total. The van der Waals surface area contributed by atoms with Crippen LogP contribution in [0.1, 0.15) is 52.6 Å². The number of hydrogen-bond donors (Lipinski definition) is 9. The van der Waals surface area contributed by atoms with Gasteiger partial charge in [-0.05, 0) is 125 Å². The lowest BCUT2D eigenvalue weighted by Crippen LogP contribution is -2.44. The standard InChI is InChI=1S/C29H33NO13.C23H25NO9.C12H15NO5.C11H12O5/c1-37-26(33)16-40-21-9-4-19(5-10-21)8-13-25(32)43-18-28(35)42-15-24(31)30-23(29(36)39-3)14-20-6-11-22(12-7-20)41-17-27(34)38-2;1-31-23(30)19(12-16-4-9-18(26)10-5-16)24-20(27)13-32-22(29)14-33-21(28)11-6-15-2-7-17(25)8-3-15;1-18-12(17)10(13-11(16)7-14)6-8-2-4-9(15)5-3-8;12-9-4-1-8(2-5-9)3-6-11(15)16-7-10(13)14/h4-7,9-12,23H,8,13-18H2,1-3H3,(H,30,31);2-5,7-10,19,25-26H,6,11-14H2,1H3,(H,24,27);2-5,10,14-15H,6-7H2,1H3,(H,13,16);1-2,4-5,12H,3,6-7H2,(H,13,14). The Morgan fingerprint density at radius 3 is 0.827 bits per heavy atom. The Hall–Kier alpha value is -13.3. The summed E-state index contributed by atoms with van der Waals surface area (Å²) in [5, 5.41) is 60.8. The first-order valence-corrected chi connectivity index (χ1v) is 32.9. The van der Waals surface area contributed by atoms with Crippen molar-refractivity contribution in [3.05, 3.63) is 179 Å². The smallest absolute Gasteiger partial charge is 0.344 e. The maximum Gasteiger partial charge on any atom is 0.344 e. The highest BCUT2D eigenvalue weighted by Gasteiger charge is 2.26. The number of carboxylic acid groups (broad SMARTS) is 1. The predicted molar refractivity (Wildman–Crippen MR) is 378 cm³/mol. The molecule has 0 aromatic heterocycles. The van der Waals surface area contributed by atoms with Crippen molar-refractivity contribution in [3.63, 3.8) is 0 Å². The lowest BCUT2D eigenvalue weighted by Gasteiger charge is -2.17. The molecular formula is C75H85N3O32. The number of ether oxygens (including phenoxy) is 12. The largest absolute Gasteiger partial charge is 0.508 e. The van der Waals surface area contributed by atoms with Crippen molar-refractivity contribution >= 4 is 83.4 Å². The number of carboxylic acids is 1. The molecule has 0 aliphatic carbocycles. The SMILES string of the molecule is COC(=O)C(Cc1ccc(O)cc1)NC(=O)CO.COC(=O)C(Cc1ccc(O)cc1)NC(=O)COC(=O)COC(=O)CCc1ccc(O)cc1.COC(=O)COc1ccc(CCC(=O)OCC(=O)OCC(=O)NC(Cc2ccc(OCC(=O)OC)cc2)C(=O)OC)cc1.O=C(O)COC(=O)CCc1ccc(O)cc1. The molecular weight excluding hydrogens is 1450 g/mol. The van der Waals surface area contributed by atoms with Crippen LogP contribution in [0.3, 0.4) is 0 Å². The van der Waals surface area contributed by atoms with Crippen LogP contribution in [0, 0.1) is 0 Å². The van der Waals surface area contributed by atoms with E-state index in [2.05, 4.69) is 39.6 Å². The van der Waals surface area contributed by atoms with Crippen molar-refractivity contribution in [3.8, 4) is 34.5 Å². The molecule has 9 N–H and O–H groups in total. The first-order valence-electron chi connectivity index (χ1n) is 32.9. The summed E-state index contributed by atoms with van der Waals surface area (Å²) >= 11 is 0. The van der Waals surface area contributed by atoms with Crippen molar-refractivity contribution in [1.29, 1.82) is 0 Å². The van der Waals surface area contributed by atoms with E-state index in [4.69, 9.17) is 53.6 Å². The molecule has 0 radical (unpaired) electrons. The van der Waals surface area contributed by atoms with Gasteiger partial charge in [0.1, 0.15) is 59.2 Å². The van der Waals surface area contributed by atoms with Gasteiger partial charge in [0.2, 0.25) is 5.91 Å². The van der Waals surface area contributed by atoms with Crippen LogP contribution in [0.4, 0.5) is 0 Å². The van der Waals surface area contributed by atoms with Gasteiger partial charge in [0.15, 0.2) is 46.2 Å². The number of carbonyl (C=O) groups excluding carboxylic acids is 13. The third-order valence-corrected chi connectivity index (χ3v) is 14.3. The number of phenolic OH excluding ortho intramolecular Hbond substituents is 4. The molecule has 0 saturated heterocycles. The van der Waals surface area contributed by atoms with Crippen molar-refractivity contribution in [1.82, 2.24) is 16.0 Å². The van der Waals surface area contributed by atoms with E-state index in [1.165, 1.54) is 77.0 Å². The molecule has 0 bridgehead atoms. The number of phenols is 4. The Morgan fingerprint density at radius 1 is 0.300 bits per heavy atom. The molecule has 592 valence electrons. The van der Waals surface area contributed by atoms with Gasteiger partial charge in [-0.1, -0.05) is 72.8 Å². The lowest BCUT2D eigenvalue weighted by molar-refractivity contribution is -0.160. The fourth-order valence-corrected chi connectivity index (χ4v) is 8.64. The predicted octanol–water partition coefficient (Wildman–Crippen LogP) is 2.26. The number of benzene rings is 6. The third kappa shape index (κ3) is 39.7. The summed E-state index contributed by atoms with van der Waals surface area (Å²) in [6, 6.07) is 35.2. The van der Waals surface area contributed by atoms with Gasteiger partial charge in [0.25, 0.3) is 11.8 Å². The second-order valence-corrected chi connectivity index (χ2v) is 22.6. The summed E-state index contributed by atoms with van der Waals surface area (Å²) in [5.74, 6) is -8.76. The van der Waals surface area contributed by atoms with E-state index in [9.17, 15) is 77.3 Å². The van der Waals surface area contributed by atoms with Gasteiger partial charge in [-0.25, -0.2) is 38.4 Å². The van der Waals surface area contributed by atoms with E-state index < -0.39 is 141 Å². The summed E-state index contributed by atoms with van der Waals surface area (Å²) in [6.07, 6.45) is 1.66. The zero-order valence-electron chi connectivity index (χ0n) is 60.4. The number of amides is 3. The number of esters is 10. The monoisotopic (exact) mass is 1540 g/mol. The molecule has 6 rings (SSSR count). The van der Waals surface area contributed by atoms with E-state index in [-0.39, 0.29) is 74.7 Å². The summed E-state index contributed by atoms with van der Waals surface area (Å²) < 4.78 is 57.3.